The van der Waals surface area contributed by atoms with E-state index in [-0.39, 0.29) is 18.6 Å². The van der Waals surface area contributed by atoms with E-state index >= 15 is 0 Å². The van der Waals surface area contributed by atoms with Gasteiger partial charge in [0.15, 0.2) is 0 Å². The van der Waals surface area contributed by atoms with Crippen molar-refractivity contribution >= 4 is 12.0 Å². The molecule has 1 heterocycles. The molecule has 0 saturated carbocycles. The summed E-state index contributed by atoms with van der Waals surface area (Å²) < 4.78 is 5.03. The van der Waals surface area contributed by atoms with Crippen LogP contribution < -0.4 is 5.32 Å². The van der Waals surface area contributed by atoms with E-state index in [2.05, 4.69) is 5.32 Å². The van der Waals surface area contributed by atoms with Crippen molar-refractivity contribution in [3.8, 4) is 0 Å². The van der Waals surface area contributed by atoms with E-state index in [9.17, 15) is 14.7 Å². The van der Waals surface area contributed by atoms with Crippen molar-refractivity contribution in [3.63, 3.8) is 0 Å². The van der Waals surface area contributed by atoms with Crippen molar-refractivity contribution in [3.05, 3.63) is 0 Å². The number of methoxy groups -OCH3 is 1. The Labute approximate surface area is 114 Å². The molecule has 0 aromatic carbocycles. The van der Waals surface area contributed by atoms with Crippen LogP contribution in [0.5, 0.6) is 0 Å². The third-order valence-electron chi connectivity index (χ3n) is 3.96. The number of carbonyl (C=O) groups is 2. The molecule has 6 heteroatoms. The van der Waals surface area contributed by atoms with E-state index in [0.717, 1.165) is 6.42 Å². The van der Waals surface area contributed by atoms with Gasteiger partial charge in [0.2, 0.25) is 0 Å². The Kier molecular flexibility index (Phi) is 5.60. The quantitative estimate of drug-likeness (QED) is 0.764. The number of carboxylic acid groups (broad SMARTS) is 1. The maximum Gasteiger partial charge on any atom is 0.317 e. The summed E-state index contributed by atoms with van der Waals surface area (Å²) in [6.07, 6.45) is 1.85. The minimum atomic E-state index is -0.811. The van der Waals surface area contributed by atoms with Gasteiger partial charge >= 0.3 is 12.0 Å². The zero-order valence-corrected chi connectivity index (χ0v) is 11.9. The number of likely N-dealkylation sites (tertiary alicyclic amines) is 1. The van der Waals surface area contributed by atoms with E-state index in [1.165, 1.54) is 0 Å². The van der Waals surface area contributed by atoms with Crippen LogP contribution >= 0.6 is 0 Å². The van der Waals surface area contributed by atoms with E-state index in [1.54, 1.807) is 12.0 Å². The lowest BCUT2D eigenvalue weighted by molar-refractivity contribution is -0.148. The summed E-state index contributed by atoms with van der Waals surface area (Å²) in [5, 5.41) is 12.2. The molecule has 110 valence electrons. The molecule has 1 aliphatic heterocycles. The van der Waals surface area contributed by atoms with Crippen molar-refractivity contribution in [1.82, 2.24) is 10.2 Å². The predicted molar refractivity (Wildman–Crippen MR) is 71.0 cm³/mol. The largest absolute Gasteiger partial charge is 0.481 e. The van der Waals surface area contributed by atoms with Gasteiger partial charge in [-0.3, -0.25) is 4.79 Å². The number of carboxylic acids is 1. The van der Waals surface area contributed by atoms with Crippen LogP contribution in [0.3, 0.4) is 0 Å². The number of hydrogen-bond donors (Lipinski definition) is 2. The molecule has 2 unspecified atom stereocenters. The van der Waals surface area contributed by atoms with Crippen LogP contribution in [0.15, 0.2) is 0 Å². The standard InChI is InChI=1S/C13H24N2O4/c1-4-10(8-19-3)14-12(18)15-7-6-13(5-2,9-15)11(16)17/h10H,4-9H2,1-3H3,(H,14,18)(H,16,17). The Morgan fingerprint density at radius 2 is 2.16 bits per heavy atom. The Bertz CT molecular complexity index is 335. The van der Waals surface area contributed by atoms with E-state index < -0.39 is 11.4 Å². The second-order valence-corrected chi connectivity index (χ2v) is 5.12. The van der Waals surface area contributed by atoms with E-state index in [0.29, 0.717) is 26.0 Å². The minimum absolute atomic E-state index is 0.0287. The van der Waals surface area contributed by atoms with Crippen molar-refractivity contribution in [2.75, 3.05) is 26.8 Å². The molecule has 1 aliphatic rings. The number of nitrogens with zero attached hydrogens (tertiary/aromatic N) is 1. The SMILES string of the molecule is CCC(COC)NC(=O)N1CCC(CC)(C(=O)O)C1. The highest BCUT2D eigenvalue weighted by Crippen LogP contribution is 2.34. The Hall–Kier alpha value is -1.30. The molecule has 0 radical (unpaired) electrons. The minimum Gasteiger partial charge on any atom is -0.481 e. The van der Waals surface area contributed by atoms with Gasteiger partial charge < -0.3 is 20.1 Å². The van der Waals surface area contributed by atoms with Crippen LogP contribution in [0.25, 0.3) is 0 Å². The van der Waals surface area contributed by atoms with Gasteiger partial charge in [0.1, 0.15) is 0 Å². The smallest absolute Gasteiger partial charge is 0.317 e. The molecular formula is C13H24N2O4. The molecular weight excluding hydrogens is 248 g/mol. The third-order valence-corrected chi connectivity index (χ3v) is 3.96. The van der Waals surface area contributed by atoms with Gasteiger partial charge in [-0.1, -0.05) is 13.8 Å². The predicted octanol–water partition coefficient (Wildman–Crippen LogP) is 1.31. The summed E-state index contributed by atoms with van der Waals surface area (Å²) >= 11 is 0. The summed E-state index contributed by atoms with van der Waals surface area (Å²) in [5.41, 5.74) is -0.777. The number of amides is 2. The first kappa shape index (κ1) is 15.8. The molecule has 2 amide bonds. The first-order valence-corrected chi connectivity index (χ1v) is 6.76. The Morgan fingerprint density at radius 1 is 1.47 bits per heavy atom. The molecule has 0 aliphatic carbocycles. The maximum atomic E-state index is 12.1. The lowest BCUT2D eigenvalue weighted by Gasteiger charge is -2.25. The van der Waals surface area contributed by atoms with Crippen LogP contribution in [0.2, 0.25) is 0 Å². The zero-order valence-electron chi connectivity index (χ0n) is 11.9. The summed E-state index contributed by atoms with van der Waals surface area (Å²) in [4.78, 5) is 25.0. The molecule has 0 aromatic rings. The Morgan fingerprint density at radius 3 is 2.58 bits per heavy atom. The molecule has 6 nitrogen and oxygen atoms in total. The molecule has 0 bridgehead atoms. The number of aliphatic carboxylic acids is 1. The second-order valence-electron chi connectivity index (χ2n) is 5.12. The van der Waals surface area contributed by atoms with Crippen molar-refractivity contribution in [1.29, 1.82) is 0 Å². The Balaban J connectivity index is 2.58. The number of nitrogens with one attached hydrogen (secondary N) is 1. The molecule has 2 atom stereocenters. The van der Waals surface area contributed by atoms with Gasteiger partial charge in [0.25, 0.3) is 0 Å². The number of rotatable bonds is 6. The van der Waals surface area contributed by atoms with Gasteiger partial charge in [0.05, 0.1) is 18.1 Å². The third kappa shape index (κ3) is 3.59. The monoisotopic (exact) mass is 272 g/mol. The highest BCUT2D eigenvalue weighted by atomic mass is 16.5. The lowest BCUT2D eigenvalue weighted by Crippen LogP contribution is -2.46. The fourth-order valence-corrected chi connectivity index (χ4v) is 2.39. The topological polar surface area (TPSA) is 78.9 Å². The van der Waals surface area contributed by atoms with E-state index in [1.807, 2.05) is 13.8 Å². The van der Waals surface area contributed by atoms with Crippen LogP contribution in [-0.4, -0.2) is 54.9 Å². The maximum absolute atomic E-state index is 12.1. The van der Waals surface area contributed by atoms with Gasteiger partial charge in [-0.25, -0.2) is 4.79 Å². The van der Waals surface area contributed by atoms with Crippen molar-refractivity contribution < 1.29 is 19.4 Å². The molecule has 2 N–H and O–H groups in total. The molecule has 1 fully saturated rings. The summed E-state index contributed by atoms with van der Waals surface area (Å²) in [7, 11) is 1.59. The van der Waals surface area contributed by atoms with Crippen LogP contribution in [0.4, 0.5) is 4.79 Å². The fourth-order valence-electron chi connectivity index (χ4n) is 2.39. The molecule has 19 heavy (non-hydrogen) atoms. The average molecular weight is 272 g/mol. The van der Waals surface area contributed by atoms with Crippen LogP contribution in [0.1, 0.15) is 33.1 Å². The highest BCUT2D eigenvalue weighted by Gasteiger charge is 2.44. The average Bonchev–Trinajstić information content (AvgIpc) is 2.84. The molecule has 0 aromatic heterocycles. The van der Waals surface area contributed by atoms with Crippen LogP contribution in [-0.2, 0) is 9.53 Å². The van der Waals surface area contributed by atoms with Crippen molar-refractivity contribution in [2.45, 2.75) is 39.2 Å². The molecule has 1 saturated heterocycles. The number of ether oxygens (including phenoxy) is 1. The zero-order chi connectivity index (χ0) is 14.5. The highest BCUT2D eigenvalue weighted by molar-refractivity contribution is 5.79. The fraction of sp³-hybridized carbons (Fsp3) is 0.846. The second kappa shape index (κ2) is 6.75. The first-order valence-electron chi connectivity index (χ1n) is 6.76. The number of urea groups is 1. The lowest BCUT2D eigenvalue weighted by atomic mass is 9.84. The van der Waals surface area contributed by atoms with Gasteiger partial charge in [-0.2, -0.15) is 0 Å². The van der Waals surface area contributed by atoms with Crippen LogP contribution in [0, 0.1) is 5.41 Å². The molecule has 0 spiro atoms. The van der Waals surface area contributed by atoms with Gasteiger partial charge in [-0.15, -0.1) is 0 Å². The molecule has 1 rings (SSSR count). The summed E-state index contributed by atoms with van der Waals surface area (Å²) in [6.45, 7) is 5.08. The van der Waals surface area contributed by atoms with Crippen molar-refractivity contribution in [2.24, 2.45) is 5.41 Å². The summed E-state index contributed by atoms with van der Waals surface area (Å²) in [5.74, 6) is -0.811. The van der Waals surface area contributed by atoms with E-state index in [4.69, 9.17) is 4.74 Å². The number of hydrogen-bond acceptors (Lipinski definition) is 3. The first-order chi connectivity index (χ1) is 8.99. The number of carbonyl (C=O) groups excluding carboxylic acids is 1. The summed E-state index contributed by atoms with van der Waals surface area (Å²) in [6, 6.07) is -0.223. The normalized spacial score (nSPS) is 24.3. The van der Waals surface area contributed by atoms with Gasteiger partial charge in [0, 0.05) is 20.2 Å². The van der Waals surface area contributed by atoms with Gasteiger partial charge in [-0.05, 0) is 19.3 Å².